The summed E-state index contributed by atoms with van der Waals surface area (Å²) in [6.07, 6.45) is 1.50. The zero-order valence-electron chi connectivity index (χ0n) is 12.3. The molecule has 4 nitrogen and oxygen atoms in total. The third-order valence-corrected chi connectivity index (χ3v) is 3.61. The quantitative estimate of drug-likeness (QED) is 0.755. The minimum absolute atomic E-state index is 0.0625. The van der Waals surface area contributed by atoms with Crippen LogP contribution in [-0.4, -0.2) is 33.0 Å². The number of alkyl halides is 3. The summed E-state index contributed by atoms with van der Waals surface area (Å²) >= 11 is 5.51. The summed E-state index contributed by atoms with van der Waals surface area (Å²) in [7, 11) is 1.64. The van der Waals surface area contributed by atoms with Gasteiger partial charge >= 0.3 is 0 Å². The fraction of sp³-hybridized carbons (Fsp3) is 0.333. The van der Waals surface area contributed by atoms with Crippen molar-refractivity contribution >= 4 is 17.5 Å². The minimum Gasteiger partial charge on any atom is -0.329 e. The van der Waals surface area contributed by atoms with Crippen LogP contribution in [0.2, 0.25) is 0 Å². The predicted octanol–water partition coefficient (Wildman–Crippen LogP) is 2.92. The first-order valence-corrected chi connectivity index (χ1v) is 7.31. The van der Waals surface area contributed by atoms with Crippen molar-refractivity contribution in [1.82, 2.24) is 14.7 Å². The van der Waals surface area contributed by atoms with E-state index in [2.05, 4.69) is 5.10 Å². The molecule has 8 heteroatoms. The number of hydrogen-bond acceptors (Lipinski definition) is 2. The molecule has 1 heterocycles. The normalized spacial score (nSPS) is 11.5. The van der Waals surface area contributed by atoms with Crippen molar-refractivity contribution < 1.29 is 18.0 Å². The molecule has 124 valence electrons. The van der Waals surface area contributed by atoms with Gasteiger partial charge in [-0.3, -0.25) is 9.48 Å². The summed E-state index contributed by atoms with van der Waals surface area (Å²) in [5, 5.41) is 3.93. The summed E-state index contributed by atoms with van der Waals surface area (Å²) in [4.78, 5) is 12.8. The number of carbonyl (C=O) groups excluding carboxylic acids is 1. The molecular weight excluding hydrogens is 331 g/mol. The second kappa shape index (κ2) is 7.04. The van der Waals surface area contributed by atoms with Gasteiger partial charge in [0, 0.05) is 18.8 Å². The van der Waals surface area contributed by atoms with E-state index in [-0.39, 0.29) is 6.54 Å². The van der Waals surface area contributed by atoms with Crippen LogP contribution in [0.15, 0.2) is 36.5 Å². The standard InChI is InChI=1S/C15H15ClF3N3O/c1-21-13(5-6-20-21)9-22(14(23)8-16)10-15(18,19)11-3-2-4-12(17)7-11/h2-7H,8-10H2,1H3. The maximum Gasteiger partial charge on any atom is 0.290 e. The van der Waals surface area contributed by atoms with Gasteiger partial charge in [0.05, 0.1) is 18.8 Å². The lowest BCUT2D eigenvalue weighted by atomic mass is 10.1. The van der Waals surface area contributed by atoms with Gasteiger partial charge in [-0.1, -0.05) is 12.1 Å². The third kappa shape index (κ3) is 4.25. The van der Waals surface area contributed by atoms with Crippen LogP contribution in [0.3, 0.4) is 0 Å². The van der Waals surface area contributed by atoms with Crippen LogP contribution in [0.4, 0.5) is 13.2 Å². The Morgan fingerprint density at radius 2 is 2.13 bits per heavy atom. The summed E-state index contributed by atoms with van der Waals surface area (Å²) in [6, 6.07) is 5.78. The maximum absolute atomic E-state index is 14.4. The van der Waals surface area contributed by atoms with E-state index in [1.54, 1.807) is 13.1 Å². The summed E-state index contributed by atoms with van der Waals surface area (Å²) in [6.45, 7) is -0.958. The highest BCUT2D eigenvalue weighted by Gasteiger charge is 2.36. The molecule has 1 aromatic heterocycles. The molecule has 0 saturated carbocycles. The Balaban J connectivity index is 2.23. The van der Waals surface area contributed by atoms with Crippen LogP contribution in [-0.2, 0) is 24.3 Å². The van der Waals surface area contributed by atoms with Crippen molar-refractivity contribution in [2.75, 3.05) is 12.4 Å². The molecule has 0 saturated heterocycles. The van der Waals surface area contributed by atoms with Gasteiger partial charge in [0.25, 0.3) is 5.92 Å². The molecule has 2 rings (SSSR count). The van der Waals surface area contributed by atoms with Crippen LogP contribution >= 0.6 is 11.6 Å². The zero-order chi connectivity index (χ0) is 17.0. The molecule has 23 heavy (non-hydrogen) atoms. The van der Waals surface area contributed by atoms with Gasteiger partial charge in [-0.05, 0) is 18.2 Å². The monoisotopic (exact) mass is 345 g/mol. The van der Waals surface area contributed by atoms with Gasteiger partial charge in [-0.25, -0.2) is 4.39 Å². The van der Waals surface area contributed by atoms with Gasteiger partial charge < -0.3 is 4.90 Å². The maximum atomic E-state index is 14.4. The number of carbonyl (C=O) groups is 1. The molecule has 2 aromatic rings. The number of nitrogens with zero attached hydrogens (tertiary/aromatic N) is 3. The fourth-order valence-corrected chi connectivity index (χ4v) is 2.28. The first kappa shape index (κ1) is 17.3. The molecule has 0 radical (unpaired) electrons. The topological polar surface area (TPSA) is 38.1 Å². The Morgan fingerprint density at radius 1 is 1.39 bits per heavy atom. The van der Waals surface area contributed by atoms with E-state index in [9.17, 15) is 18.0 Å². The van der Waals surface area contributed by atoms with Crippen molar-refractivity contribution in [2.24, 2.45) is 7.05 Å². The Labute approximate surface area is 136 Å². The van der Waals surface area contributed by atoms with Gasteiger partial charge in [0.1, 0.15) is 11.7 Å². The minimum atomic E-state index is -3.40. The molecule has 0 unspecified atom stereocenters. The Kier molecular flexibility index (Phi) is 5.30. The lowest BCUT2D eigenvalue weighted by Gasteiger charge is -2.27. The molecule has 1 aromatic carbocycles. The molecule has 0 fully saturated rings. The second-order valence-electron chi connectivity index (χ2n) is 5.04. The highest BCUT2D eigenvalue weighted by molar-refractivity contribution is 6.27. The van der Waals surface area contributed by atoms with E-state index in [4.69, 9.17) is 11.6 Å². The van der Waals surface area contributed by atoms with E-state index in [1.807, 2.05) is 0 Å². The second-order valence-corrected chi connectivity index (χ2v) is 5.31. The SMILES string of the molecule is Cn1nccc1CN(CC(F)(F)c1cccc(F)c1)C(=O)CCl. The smallest absolute Gasteiger partial charge is 0.290 e. The molecular formula is C15H15ClF3N3O. The molecule has 0 aliphatic rings. The van der Waals surface area contributed by atoms with Crippen molar-refractivity contribution in [3.8, 4) is 0 Å². The lowest BCUT2D eigenvalue weighted by Crippen LogP contribution is -2.40. The molecule has 0 atom stereocenters. The number of amides is 1. The van der Waals surface area contributed by atoms with Crippen LogP contribution in [0.5, 0.6) is 0 Å². The number of rotatable bonds is 6. The van der Waals surface area contributed by atoms with Gasteiger partial charge in [-0.15, -0.1) is 11.6 Å². The van der Waals surface area contributed by atoms with Gasteiger partial charge in [0.2, 0.25) is 5.91 Å². The Morgan fingerprint density at radius 3 is 2.70 bits per heavy atom. The molecule has 0 aliphatic carbocycles. The Hall–Kier alpha value is -2.02. The average molecular weight is 346 g/mol. The number of hydrogen-bond donors (Lipinski definition) is 0. The first-order valence-electron chi connectivity index (χ1n) is 6.78. The highest BCUT2D eigenvalue weighted by atomic mass is 35.5. The van der Waals surface area contributed by atoms with E-state index < -0.39 is 35.6 Å². The van der Waals surface area contributed by atoms with E-state index in [0.29, 0.717) is 5.69 Å². The number of aromatic nitrogens is 2. The van der Waals surface area contributed by atoms with E-state index >= 15 is 0 Å². The number of aryl methyl sites for hydroxylation is 1. The van der Waals surface area contributed by atoms with Gasteiger partial charge in [-0.2, -0.15) is 13.9 Å². The predicted molar refractivity (Wildman–Crippen MR) is 79.6 cm³/mol. The van der Waals surface area contributed by atoms with Crippen LogP contribution in [0, 0.1) is 5.82 Å². The number of halogens is 4. The molecule has 0 bridgehead atoms. The van der Waals surface area contributed by atoms with E-state index in [0.717, 1.165) is 23.1 Å². The molecule has 0 aliphatic heterocycles. The van der Waals surface area contributed by atoms with Gasteiger partial charge in [0.15, 0.2) is 0 Å². The highest BCUT2D eigenvalue weighted by Crippen LogP contribution is 2.30. The third-order valence-electron chi connectivity index (χ3n) is 3.38. The molecule has 0 spiro atoms. The summed E-state index contributed by atoms with van der Waals surface area (Å²) < 4.78 is 43.4. The van der Waals surface area contributed by atoms with Crippen molar-refractivity contribution in [3.05, 3.63) is 53.6 Å². The first-order chi connectivity index (χ1) is 10.8. The Bertz CT molecular complexity index is 690. The summed E-state index contributed by atoms with van der Waals surface area (Å²) in [5.74, 6) is -5.22. The van der Waals surface area contributed by atoms with Crippen molar-refractivity contribution in [2.45, 2.75) is 12.5 Å². The van der Waals surface area contributed by atoms with Crippen molar-refractivity contribution in [3.63, 3.8) is 0 Å². The molecule has 0 N–H and O–H groups in total. The van der Waals surface area contributed by atoms with Crippen LogP contribution in [0.25, 0.3) is 0 Å². The lowest BCUT2D eigenvalue weighted by molar-refractivity contribution is -0.135. The largest absolute Gasteiger partial charge is 0.329 e. The molecule has 1 amide bonds. The fourth-order valence-electron chi connectivity index (χ4n) is 2.12. The summed E-state index contributed by atoms with van der Waals surface area (Å²) in [5.41, 5.74) is 0.0911. The van der Waals surface area contributed by atoms with Crippen molar-refractivity contribution in [1.29, 1.82) is 0 Å². The number of benzene rings is 1. The van der Waals surface area contributed by atoms with Crippen LogP contribution in [0.1, 0.15) is 11.3 Å². The zero-order valence-corrected chi connectivity index (χ0v) is 13.1. The average Bonchev–Trinajstić information content (AvgIpc) is 2.91. The van der Waals surface area contributed by atoms with E-state index in [1.165, 1.54) is 16.9 Å². The van der Waals surface area contributed by atoms with Crippen LogP contribution < -0.4 is 0 Å².